The second kappa shape index (κ2) is 6.44. The standard InChI is InChI=1S/C18H17N3O2/c1-13-7-6-10-15(11-13)18(22)21(2)12-16-19-20-17(23-16)14-8-4-3-5-9-14/h3-11H,12H2,1-2H3. The third kappa shape index (κ3) is 3.45. The molecule has 0 radical (unpaired) electrons. The third-order valence-electron chi connectivity index (χ3n) is 3.47. The Balaban J connectivity index is 1.72. The van der Waals surface area contributed by atoms with E-state index in [2.05, 4.69) is 10.2 Å². The van der Waals surface area contributed by atoms with E-state index in [1.807, 2.05) is 55.5 Å². The summed E-state index contributed by atoms with van der Waals surface area (Å²) in [6, 6.07) is 17.0. The zero-order chi connectivity index (χ0) is 16.2. The number of aromatic nitrogens is 2. The largest absolute Gasteiger partial charge is 0.419 e. The Morgan fingerprint density at radius 3 is 2.61 bits per heavy atom. The summed E-state index contributed by atoms with van der Waals surface area (Å²) in [5.74, 6) is 0.789. The van der Waals surface area contributed by atoms with Crippen molar-refractivity contribution in [3.05, 3.63) is 71.6 Å². The van der Waals surface area contributed by atoms with Gasteiger partial charge in [-0.15, -0.1) is 10.2 Å². The van der Waals surface area contributed by atoms with Crippen LogP contribution in [0.5, 0.6) is 0 Å². The highest BCUT2D eigenvalue weighted by Gasteiger charge is 2.16. The molecule has 116 valence electrons. The van der Waals surface area contributed by atoms with Crippen LogP contribution < -0.4 is 0 Å². The van der Waals surface area contributed by atoms with Gasteiger partial charge in [-0.1, -0.05) is 35.9 Å². The average molecular weight is 307 g/mol. The molecule has 0 spiro atoms. The fourth-order valence-corrected chi connectivity index (χ4v) is 2.29. The molecule has 1 amide bonds. The van der Waals surface area contributed by atoms with Gasteiger partial charge in [0.25, 0.3) is 5.91 Å². The topological polar surface area (TPSA) is 59.2 Å². The molecule has 23 heavy (non-hydrogen) atoms. The van der Waals surface area contributed by atoms with Crippen molar-refractivity contribution in [2.75, 3.05) is 7.05 Å². The monoisotopic (exact) mass is 307 g/mol. The molecular formula is C18H17N3O2. The second-order valence-corrected chi connectivity index (χ2v) is 5.40. The summed E-state index contributed by atoms with van der Waals surface area (Å²) in [5.41, 5.74) is 2.56. The Labute approximate surface area is 134 Å². The van der Waals surface area contributed by atoms with Gasteiger partial charge in [-0.25, -0.2) is 0 Å². The molecule has 0 aliphatic carbocycles. The number of nitrogens with zero attached hydrogens (tertiary/aromatic N) is 3. The fraction of sp³-hybridized carbons (Fsp3) is 0.167. The predicted molar refractivity (Wildman–Crippen MR) is 86.7 cm³/mol. The van der Waals surface area contributed by atoms with E-state index >= 15 is 0 Å². The first-order chi connectivity index (χ1) is 11.1. The van der Waals surface area contributed by atoms with Crippen LogP contribution in [0.1, 0.15) is 21.8 Å². The van der Waals surface area contributed by atoms with Crippen molar-refractivity contribution < 1.29 is 9.21 Å². The van der Waals surface area contributed by atoms with Crippen LogP contribution in [0.3, 0.4) is 0 Å². The first-order valence-corrected chi connectivity index (χ1v) is 7.33. The average Bonchev–Trinajstić information content (AvgIpc) is 3.03. The Bertz CT molecular complexity index is 812. The first kappa shape index (κ1) is 15.0. The van der Waals surface area contributed by atoms with Crippen LogP contribution >= 0.6 is 0 Å². The maximum absolute atomic E-state index is 12.4. The van der Waals surface area contributed by atoms with Gasteiger partial charge < -0.3 is 9.32 Å². The predicted octanol–water partition coefficient (Wildman–Crippen LogP) is 3.32. The van der Waals surface area contributed by atoms with Crippen molar-refractivity contribution in [1.29, 1.82) is 0 Å². The summed E-state index contributed by atoms with van der Waals surface area (Å²) < 4.78 is 5.63. The molecule has 0 aliphatic heterocycles. The van der Waals surface area contributed by atoms with E-state index < -0.39 is 0 Å². The molecular weight excluding hydrogens is 290 g/mol. The lowest BCUT2D eigenvalue weighted by Crippen LogP contribution is -2.26. The van der Waals surface area contributed by atoms with Crippen LogP contribution in [0.4, 0.5) is 0 Å². The van der Waals surface area contributed by atoms with Crippen LogP contribution in [0.15, 0.2) is 59.0 Å². The molecule has 3 aromatic rings. The van der Waals surface area contributed by atoms with Crippen LogP contribution in [0, 0.1) is 6.92 Å². The molecule has 1 aromatic heterocycles. The summed E-state index contributed by atoms with van der Waals surface area (Å²) in [4.78, 5) is 14.0. The molecule has 0 atom stereocenters. The van der Waals surface area contributed by atoms with Crippen LogP contribution in [-0.2, 0) is 6.54 Å². The van der Waals surface area contributed by atoms with Gasteiger partial charge in [-0.3, -0.25) is 4.79 Å². The minimum absolute atomic E-state index is 0.0758. The molecule has 0 fully saturated rings. The van der Waals surface area contributed by atoms with Crippen molar-refractivity contribution in [3.63, 3.8) is 0 Å². The molecule has 0 bridgehead atoms. The number of hydrogen-bond donors (Lipinski definition) is 0. The lowest BCUT2D eigenvalue weighted by Gasteiger charge is -2.15. The maximum atomic E-state index is 12.4. The van der Waals surface area contributed by atoms with E-state index in [-0.39, 0.29) is 12.5 Å². The molecule has 1 heterocycles. The number of amides is 1. The van der Waals surface area contributed by atoms with E-state index in [1.54, 1.807) is 18.0 Å². The SMILES string of the molecule is Cc1cccc(C(=O)N(C)Cc2nnc(-c3ccccc3)o2)c1. The zero-order valence-corrected chi connectivity index (χ0v) is 13.1. The summed E-state index contributed by atoms with van der Waals surface area (Å²) >= 11 is 0. The molecule has 0 saturated heterocycles. The van der Waals surface area contributed by atoms with Crippen molar-refractivity contribution in [1.82, 2.24) is 15.1 Å². The number of carbonyl (C=O) groups is 1. The van der Waals surface area contributed by atoms with Crippen LogP contribution in [0.2, 0.25) is 0 Å². The van der Waals surface area contributed by atoms with Gasteiger partial charge in [-0.2, -0.15) is 0 Å². The molecule has 2 aromatic carbocycles. The highest BCUT2D eigenvalue weighted by molar-refractivity contribution is 5.94. The van der Waals surface area contributed by atoms with E-state index in [1.165, 1.54) is 0 Å². The van der Waals surface area contributed by atoms with Gasteiger partial charge in [0.15, 0.2) is 0 Å². The first-order valence-electron chi connectivity index (χ1n) is 7.33. The minimum Gasteiger partial charge on any atom is -0.419 e. The molecule has 5 nitrogen and oxygen atoms in total. The van der Waals surface area contributed by atoms with E-state index in [9.17, 15) is 4.79 Å². The fourth-order valence-electron chi connectivity index (χ4n) is 2.29. The molecule has 5 heteroatoms. The lowest BCUT2D eigenvalue weighted by atomic mass is 10.1. The quantitative estimate of drug-likeness (QED) is 0.742. The maximum Gasteiger partial charge on any atom is 0.254 e. The number of aryl methyl sites for hydroxylation is 1. The molecule has 0 N–H and O–H groups in total. The van der Waals surface area contributed by atoms with Gasteiger partial charge in [-0.05, 0) is 31.2 Å². The normalized spacial score (nSPS) is 10.5. The Hall–Kier alpha value is -2.95. The van der Waals surface area contributed by atoms with E-state index in [0.29, 0.717) is 17.3 Å². The third-order valence-corrected chi connectivity index (χ3v) is 3.47. The van der Waals surface area contributed by atoms with Crippen molar-refractivity contribution in [2.45, 2.75) is 13.5 Å². The zero-order valence-electron chi connectivity index (χ0n) is 13.1. The van der Waals surface area contributed by atoms with E-state index in [0.717, 1.165) is 11.1 Å². The smallest absolute Gasteiger partial charge is 0.254 e. The highest BCUT2D eigenvalue weighted by Crippen LogP contribution is 2.18. The van der Waals surface area contributed by atoms with Crippen molar-refractivity contribution in [3.8, 4) is 11.5 Å². The lowest BCUT2D eigenvalue weighted by molar-refractivity contribution is 0.0773. The van der Waals surface area contributed by atoms with Crippen LogP contribution in [-0.4, -0.2) is 28.1 Å². The minimum atomic E-state index is -0.0758. The Kier molecular flexibility index (Phi) is 4.19. The number of benzene rings is 2. The Morgan fingerprint density at radius 2 is 1.87 bits per heavy atom. The summed E-state index contributed by atoms with van der Waals surface area (Å²) in [6.07, 6.45) is 0. The Morgan fingerprint density at radius 1 is 1.09 bits per heavy atom. The second-order valence-electron chi connectivity index (χ2n) is 5.40. The number of hydrogen-bond acceptors (Lipinski definition) is 4. The highest BCUT2D eigenvalue weighted by atomic mass is 16.4. The number of carbonyl (C=O) groups excluding carboxylic acids is 1. The van der Waals surface area contributed by atoms with Crippen LogP contribution in [0.25, 0.3) is 11.5 Å². The summed E-state index contributed by atoms with van der Waals surface area (Å²) in [5, 5.41) is 8.05. The summed E-state index contributed by atoms with van der Waals surface area (Å²) in [6.45, 7) is 2.23. The molecule has 0 saturated carbocycles. The van der Waals surface area contributed by atoms with Crippen molar-refractivity contribution in [2.24, 2.45) is 0 Å². The molecule has 0 aliphatic rings. The van der Waals surface area contributed by atoms with Gasteiger partial charge in [0, 0.05) is 18.2 Å². The van der Waals surface area contributed by atoms with Gasteiger partial charge in [0.1, 0.15) is 0 Å². The molecule has 3 rings (SSSR count). The number of rotatable bonds is 4. The van der Waals surface area contributed by atoms with E-state index in [4.69, 9.17) is 4.42 Å². The molecule has 0 unspecified atom stereocenters. The summed E-state index contributed by atoms with van der Waals surface area (Å²) in [7, 11) is 1.72. The van der Waals surface area contributed by atoms with Crippen molar-refractivity contribution >= 4 is 5.91 Å². The van der Waals surface area contributed by atoms with Gasteiger partial charge >= 0.3 is 0 Å². The van der Waals surface area contributed by atoms with Gasteiger partial charge in [0.2, 0.25) is 11.8 Å². The van der Waals surface area contributed by atoms with Gasteiger partial charge in [0.05, 0.1) is 6.54 Å².